The molecule has 1 aliphatic carbocycles. The first-order valence-electron chi connectivity index (χ1n) is 14.8. The number of hydrogen-bond acceptors (Lipinski definition) is 6. The van der Waals surface area contributed by atoms with Crippen molar-refractivity contribution in [3.8, 4) is 0 Å². The molecule has 0 aromatic heterocycles. The molecule has 8 bridgehead atoms. The number of carboxylic acids is 1. The van der Waals surface area contributed by atoms with E-state index in [4.69, 9.17) is 15.0 Å². The van der Waals surface area contributed by atoms with Crippen molar-refractivity contribution in [3.05, 3.63) is 91.0 Å². The number of hydrogen-bond donors (Lipinski definition) is 3. The monoisotopic (exact) mass is 550 g/mol. The third kappa shape index (κ3) is 4.33. The molecule has 0 spiro atoms. The Balaban J connectivity index is 1.61. The van der Waals surface area contributed by atoms with Gasteiger partial charge in [-0.25, -0.2) is 15.0 Å². The van der Waals surface area contributed by atoms with Crippen LogP contribution in [0.5, 0.6) is 0 Å². The van der Waals surface area contributed by atoms with Gasteiger partial charge in [-0.05, 0) is 98.5 Å². The van der Waals surface area contributed by atoms with Crippen LogP contribution in [0.25, 0.3) is 0 Å². The molecule has 41 heavy (non-hydrogen) atoms. The van der Waals surface area contributed by atoms with Crippen molar-refractivity contribution < 1.29 is 15.0 Å². The Morgan fingerprint density at radius 3 is 2.37 bits per heavy atom. The number of aliphatic hydroxyl groups excluding tert-OH is 1. The molecule has 1 fully saturated rings. The number of rotatable bonds is 6. The van der Waals surface area contributed by atoms with Crippen LogP contribution in [0, 0.1) is 5.92 Å². The highest BCUT2D eigenvalue weighted by atomic mass is 16.4. The van der Waals surface area contributed by atoms with E-state index in [0.29, 0.717) is 25.0 Å². The van der Waals surface area contributed by atoms with Crippen molar-refractivity contribution >= 4 is 23.1 Å². The summed E-state index contributed by atoms with van der Waals surface area (Å²) in [6.45, 7) is 12.8. The van der Waals surface area contributed by atoms with Crippen molar-refractivity contribution in [2.75, 3.05) is 0 Å². The Kier molecular flexibility index (Phi) is 6.71. The lowest BCUT2D eigenvalue weighted by Gasteiger charge is -2.16. The van der Waals surface area contributed by atoms with E-state index < -0.39 is 5.97 Å². The minimum absolute atomic E-state index is 0.111. The average Bonchev–Trinajstić information content (AvgIpc) is 3.69. The van der Waals surface area contributed by atoms with Gasteiger partial charge in [-0.2, -0.15) is 0 Å². The molecule has 6 aliphatic rings. The summed E-state index contributed by atoms with van der Waals surface area (Å²) in [4.78, 5) is 26.8. The normalized spacial score (nSPS) is 23.6. The quantitative estimate of drug-likeness (QED) is 0.319. The Bertz CT molecular complexity index is 1660. The fourth-order valence-corrected chi connectivity index (χ4v) is 7.04. The van der Waals surface area contributed by atoms with Gasteiger partial charge < -0.3 is 15.5 Å². The first-order chi connectivity index (χ1) is 19.6. The first-order valence-corrected chi connectivity index (χ1v) is 14.8. The van der Waals surface area contributed by atoms with E-state index in [2.05, 4.69) is 52.1 Å². The van der Waals surface area contributed by atoms with E-state index in [1.807, 2.05) is 6.92 Å². The summed E-state index contributed by atoms with van der Waals surface area (Å²) < 4.78 is 0. The van der Waals surface area contributed by atoms with Gasteiger partial charge in [-0.1, -0.05) is 20.8 Å². The summed E-state index contributed by atoms with van der Waals surface area (Å²) in [5, 5.41) is 24.2. The zero-order valence-electron chi connectivity index (χ0n) is 24.8. The number of aliphatic imine (C=N–C) groups is 3. The Morgan fingerprint density at radius 2 is 1.66 bits per heavy atom. The van der Waals surface area contributed by atoms with Gasteiger partial charge in [0.2, 0.25) is 0 Å². The number of nitrogens with zero attached hydrogens (tertiary/aromatic N) is 3. The molecule has 0 radical (unpaired) electrons. The summed E-state index contributed by atoms with van der Waals surface area (Å²) in [6, 6.07) is 0. The Hall–Kier alpha value is -4.00. The zero-order chi connectivity index (χ0) is 29.2. The molecule has 0 aromatic carbocycles. The maximum Gasteiger partial charge on any atom is 0.303 e. The van der Waals surface area contributed by atoms with Crippen LogP contribution in [-0.4, -0.2) is 33.3 Å². The number of carboxylic acid groups (broad SMARTS) is 1. The van der Waals surface area contributed by atoms with Crippen molar-refractivity contribution in [1.82, 2.24) is 5.32 Å². The van der Waals surface area contributed by atoms with Gasteiger partial charge in [0, 0.05) is 41.3 Å². The molecule has 0 saturated carbocycles. The number of allylic oxidation sites excluding steroid dienone is 12. The van der Waals surface area contributed by atoms with Crippen LogP contribution in [0.2, 0.25) is 0 Å². The third-order valence-corrected chi connectivity index (χ3v) is 9.22. The highest BCUT2D eigenvalue weighted by molar-refractivity contribution is 6.21. The van der Waals surface area contributed by atoms with Crippen molar-refractivity contribution in [2.24, 2.45) is 20.9 Å². The first kappa shape index (κ1) is 27.2. The second-order valence-electron chi connectivity index (χ2n) is 11.7. The highest BCUT2D eigenvalue weighted by Crippen LogP contribution is 2.45. The molecule has 6 rings (SSSR count). The van der Waals surface area contributed by atoms with E-state index in [1.54, 1.807) is 0 Å². The van der Waals surface area contributed by atoms with Gasteiger partial charge >= 0.3 is 5.97 Å². The average molecular weight is 551 g/mol. The molecule has 5 aliphatic heterocycles. The van der Waals surface area contributed by atoms with Crippen molar-refractivity contribution in [1.29, 1.82) is 0 Å². The maximum absolute atomic E-state index is 11.4. The topological polar surface area (TPSA) is 107 Å². The van der Waals surface area contributed by atoms with Crippen LogP contribution in [0.15, 0.2) is 106 Å². The minimum Gasteiger partial charge on any atom is -0.511 e. The molecular weight excluding hydrogens is 512 g/mol. The number of aliphatic carboxylic acids is 1. The largest absolute Gasteiger partial charge is 0.511 e. The highest BCUT2D eigenvalue weighted by Gasteiger charge is 2.38. The minimum atomic E-state index is -0.787. The van der Waals surface area contributed by atoms with Gasteiger partial charge in [0.15, 0.2) is 0 Å². The molecule has 7 heteroatoms. The van der Waals surface area contributed by atoms with Crippen LogP contribution in [0.4, 0.5) is 0 Å². The summed E-state index contributed by atoms with van der Waals surface area (Å²) in [5.41, 5.74) is 16.2. The molecule has 0 unspecified atom stereocenters. The molecule has 5 heterocycles. The third-order valence-electron chi connectivity index (χ3n) is 9.22. The van der Waals surface area contributed by atoms with Crippen molar-refractivity contribution in [3.63, 3.8) is 0 Å². The van der Waals surface area contributed by atoms with E-state index in [9.17, 15) is 15.0 Å². The molecule has 3 N–H and O–H groups in total. The van der Waals surface area contributed by atoms with Gasteiger partial charge in [-0.3, -0.25) is 4.79 Å². The van der Waals surface area contributed by atoms with E-state index in [1.165, 1.54) is 11.1 Å². The SMILES string of the molecule is CCC1=C(C)C2=NC1=CC1=C(C)C3=C(O)CC(=C4C[C@H](C)C(=C(CCCC(=O)O)C5=NC(=C2)C(CC)=C5C)N4)C3=N1. The lowest BCUT2D eigenvalue weighted by Crippen LogP contribution is -2.17. The van der Waals surface area contributed by atoms with E-state index >= 15 is 0 Å². The summed E-state index contributed by atoms with van der Waals surface area (Å²) in [7, 11) is 0. The fraction of sp³-hybridized carbons (Fsp3) is 0.412. The summed E-state index contributed by atoms with van der Waals surface area (Å²) >= 11 is 0. The predicted molar refractivity (Wildman–Crippen MR) is 164 cm³/mol. The Morgan fingerprint density at radius 1 is 0.951 bits per heavy atom. The smallest absolute Gasteiger partial charge is 0.303 e. The molecule has 7 nitrogen and oxygen atoms in total. The van der Waals surface area contributed by atoms with Gasteiger partial charge in [-0.15, -0.1) is 0 Å². The Labute approximate surface area is 241 Å². The number of carbonyl (C=O) groups is 1. The standard InChI is InChI=1S/C34H38N4O3/c1-7-20-17(4)24-14-28-21(8-2)18(5)33(38-28)22(10-9-11-30(40)41)32-16(3)12-26(37-32)23-13-29(39)31-19(6)25(36-34(23)31)15-27(20)35-24/h14-16,37,39H,7-13H2,1-6H3,(H,40,41)/t16-/m0/s1. The number of nitrogens with one attached hydrogen (secondary N) is 1. The molecule has 1 saturated heterocycles. The van der Waals surface area contributed by atoms with Gasteiger partial charge in [0.25, 0.3) is 0 Å². The molecule has 0 amide bonds. The molecule has 0 aromatic rings. The maximum atomic E-state index is 11.4. The van der Waals surface area contributed by atoms with Crippen molar-refractivity contribution in [2.45, 2.75) is 86.5 Å². The van der Waals surface area contributed by atoms with E-state index in [0.717, 1.165) is 98.3 Å². The van der Waals surface area contributed by atoms with Crippen LogP contribution >= 0.6 is 0 Å². The number of fused-ring (bicyclic) bond motifs is 5. The van der Waals surface area contributed by atoms with E-state index in [-0.39, 0.29) is 12.3 Å². The molecule has 1 atom stereocenters. The van der Waals surface area contributed by atoms with Crippen LogP contribution < -0.4 is 5.32 Å². The number of aliphatic hydroxyl groups is 1. The molecule has 212 valence electrons. The summed E-state index contributed by atoms with van der Waals surface area (Å²) in [6.07, 6.45) is 8.42. The lowest BCUT2D eigenvalue weighted by atomic mass is 9.91. The van der Waals surface area contributed by atoms with Crippen LogP contribution in [-0.2, 0) is 4.79 Å². The second kappa shape index (κ2) is 10.1. The van der Waals surface area contributed by atoms with Gasteiger partial charge in [0.05, 0.1) is 34.2 Å². The predicted octanol–water partition coefficient (Wildman–Crippen LogP) is 7.47. The second-order valence-corrected chi connectivity index (χ2v) is 11.7. The summed E-state index contributed by atoms with van der Waals surface area (Å²) in [5.74, 6) is -0.225. The van der Waals surface area contributed by atoms with Crippen LogP contribution in [0.3, 0.4) is 0 Å². The van der Waals surface area contributed by atoms with Crippen LogP contribution in [0.1, 0.15) is 86.5 Å². The fourth-order valence-electron chi connectivity index (χ4n) is 7.04. The lowest BCUT2D eigenvalue weighted by molar-refractivity contribution is -0.137. The molecular formula is C34H38N4O3. The van der Waals surface area contributed by atoms with Gasteiger partial charge in [0.1, 0.15) is 5.76 Å². The zero-order valence-corrected chi connectivity index (χ0v) is 24.8.